The van der Waals surface area contributed by atoms with Gasteiger partial charge in [-0.25, -0.2) is 14.4 Å². The molecular weight excluding hydrogens is 486 g/mol. The van der Waals surface area contributed by atoms with E-state index in [1.807, 2.05) is 36.1 Å². The Kier molecular flexibility index (Phi) is 7.18. The standard InChI is InChI=1S/C25H24ClN5O3S/c1-3-30(25(35)27-2)13-12-18-17-6-4-5-7-20(17)28-21(18)14-19-22(32)29-24(34)31(23(19)33)16-10-8-15(26)9-11-16/h4-11,14,33H,3,12-13H2,1-2H3,(H,27,35)(H,29,32,34)/b21-14-. The second-order valence-corrected chi connectivity index (χ2v) is 8.65. The number of H-pyrrole nitrogens is 1. The third-order valence-electron chi connectivity index (χ3n) is 5.78. The topological polar surface area (TPSA) is 103 Å². The Balaban J connectivity index is 1.82. The summed E-state index contributed by atoms with van der Waals surface area (Å²) in [6, 6.07) is 14.0. The van der Waals surface area contributed by atoms with Gasteiger partial charge in [0.15, 0.2) is 5.11 Å². The van der Waals surface area contributed by atoms with Gasteiger partial charge in [0.2, 0.25) is 5.88 Å². The van der Waals surface area contributed by atoms with Gasteiger partial charge in [-0.15, -0.1) is 0 Å². The number of fused-ring (bicyclic) bond motifs is 1. The zero-order chi connectivity index (χ0) is 25.1. The van der Waals surface area contributed by atoms with E-state index in [-0.39, 0.29) is 5.56 Å². The molecule has 3 N–H and O–H groups in total. The lowest BCUT2D eigenvalue weighted by atomic mass is 10.1. The SMILES string of the molecule is CCN(CCC1=c2ccccc2=N/C1=C\c1c(O)n(-c2ccc(Cl)cc2)c(=O)[nH]c1=O)C(=S)NC. The molecule has 4 rings (SSSR count). The van der Waals surface area contributed by atoms with E-state index in [0.29, 0.717) is 34.5 Å². The Morgan fingerprint density at radius 2 is 1.94 bits per heavy atom. The van der Waals surface area contributed by atoms with Gasteiger partial charge in [-0.2, -0.15) is 0 Å². The molecule has 180 valence electrons. The molecule has 3 aromatic rings. The third kappa shape index (κ3) is 4.91. The highest BCUT2D eigenvalue weighted by Crippen LogP contribution is 2.25. The summed E-state index contributed by atoms with van der Waals surface area (Å²) in [5.74, 6) is -0.481. The lowest BCUT2D eigenvalue weighted by Crippen LogP contribution is -2.38. The fourth-order valence-corrected chi connectivity index (χ4v) is 4.33. The zero-order valence-electron chi connectivity index (χ0n) is 19.2. The van der Waals surface area contributed by atoms with E-state index >= 15 is 0 Å². The van der Waals surface area contributed by atoms with Crippen molar-refractivity contribution >= 4 is 40.6 Å². The number of thiocarbonyl (C=S) groups is 1. The van der Waals surface area contributed by atoms with Crippen LogP contribution in [0.4, 0.5) is 0 Å². The van der Waals surface area contributed by atoms with Crippen LogP contribution in [0.5, 0.6) is 5.88 Å². The maximum absolute atomic E-state index is 12.7. The molecule has 35 heavy (non-hydrogen) atoms. The predicted octanol–water partition coefficient (Wildman–Crippen LogP) is 1.93. The van der Waals surface area contributed by atoms with E-state index in [1.165, 1.54) is 6.08 Å². The number of halogens is 1. The number of rotatable bonds is 6. The van der Waals surface area contributed by atoms with E-state index in [2.05, 4.69) is 10.3 Å². The smallest absolute Gasteiger partial charge is 0.335 e. The van der Waals surface area contributed by atoms with Crippen LogP contribution < -0.4 is 27.1 Å². The van der Waals surface area contributed by atoms with E-state index in [1.54, 1.807) is 31.3 Å². The van der Waals surface area contributed by atoms with Crippen molar-refractivity contribution in [1.82, 2.24) is 19.8 Å². The van der Waals surface area contributed by atoms with Crippen molar-refractivity contribution in [2.45, 2.75) is 13.3 Å². The minimum atomic E-state index is -0.757. The maximum atomic E-state index is 12.7. The second kappa shape index (κ2) is 10.3. The molecule has 0 unspecified atom stereocenters. The third-order valence-corrected chi connectivity index (χ3v) is 6.49. The first-order chi connectivity index (χ1) is 16.8. The number of aromatic amines is 1. The van der Waals surface area contributed by atoms with Gasteiger partial charge >= 0.3 is 5.69 Å². The summed E-state index contributed by atoms with van der Waals surface area (Å²) in [5, 5.41) is 16.8. The molecule has 0 saturated heterocycles. The summed E-state index contributed by atoms with van der Waals surface area (Å²) in [7, 11) is 1.79. The Morgan fingerprint density at radius 3 is 2.63 bits per heavy atom. The zero-order valence-corrected chi connectivity index (χ0v) is 20.8. The van der Waals surface area contributed by atoms with Gasteiger partial charge in [0, 0.05) is 30.4 Å². The van der Waals surface area contributed by atoms with Crippen molar-refractivity contribution in [3.63, 3.8) is 0 Å². The average molecular weight is 510 g/mol. The Labute approximate surface area is 211 Å². The highest BCUT2D eigenvalue weighted by atomic mass is 35.5. The largest absolute Gasteiger partial charge is 0.494 e. The van der Waals surface area contributed by atoms with Crippen LogP contribution in [0.3, 0.4) is 0 Å². The van der Waals surface area contributed by atoms with Gasteiger partial charge < -0.3 is 15.3 Å². The molecule has 10 heteroatoms. The highest BCUT2D eigenvalue weighted by molar-refractivity contribution is 7.80. The van der Waals surface area contributed by atoms with Crippen LogP contribution in [0.25, 0.3) is 17.3 Å². The Morgan fingerprint density at radius 1 is 1.23 bits per heavy atom. The van der Waals surface area contributed by atoms with Crippen molar-refractivity contribution in [2.75, 3.05) is 20.1 Å². The summed E-state index contributed by atoms with van der Waals surface area (Å²) in [5.41, 5.74) is 0.291. The fraction of sp³-hybridized carbons (Fsp3) is 0.200. The molecule has 1 aromatic heterocycles. The first-order valence-corrected chi connectivity index (χ1v) is 11.8. The summed E-state index contributed by atoms with van der Waals surface area (Å²) < 4.78 is 1.02. The summed E-state index contributed by atoms with van der Waals surface area (Å²) >= 11 is 11.3. The van der Waals surface area contributed by atoms with E-state index < -0.39 is 17.1 Å². The average Bonchev–Trinajstić information content (AvgIpc) is 3.20. The highest BCUT2D eigenvalue weighted by Gasteiger charge is 2.19. The molecule has 0 bridgehead atoms. The van der Waals surface area contributed by atoms with Crippen molar-refractivity contribution in [3.8, 4) is 11.6 Å². The van der Waals surface area contributed by atoms with E-state index in [4.69, 9.17) is 28.8 Å². The van der Waals surface area contributed by atoms with Crippen LogP contribution in [0, 0.1) is 0 Å². The normalized spacial score (nSPS) is 13.5. The molecule has 0 fully saturated rings. The minimum absolute atomic E-state index is 0.0679. The van der Waals surface area contributed by atoms with Gasteiger partial charge in [-0.3, -0.25) is 9.78 Å². The molecule has 1 aliphatic heterocycles. The van der Waals surface area contributed by atoms with Gasteiger partial charge in [0.25, 0.3) is 5.56 Å². The molecule has 2 heterocycles. The van der Waals surface area contributed by atoms with Crippen LogP contribution >= 0.6 is 23.8 Å². The lowest BCUT2D eigenvalue weighted by Gasteiger charge is -2.23. The number of para-hydroxylation sites is 1. The molecule has 2 aromatic carbocycles. The maximum Gasteiger partial charge on any atom is 0.335 e. The van der Waals surface area contributed by atoms with Crippen molar-refractivity contribution in [3.05, 3.63) is 96.2 Å². The van der Waals surface area contributed by atoms with Crippen LogP contribution in [-0.2, 0) is 0 Å². The quantitative estimate of drug-likeness (QED) is 0.439. The summed E-state index contributed by atoms with van der Waals surface area (Å²) in [4.78, 5) is 34.3. The number of allylic oxidation sites excluding steroid dienone is 1. The number of benzene rings is 2. The number of aromatic nitrogens is 2. The second-order valence-electron chi connectivity index (χ2n) is 7.83. The van der Waals surface area contributed by atoms with Gasteiger partial charge in [0.1, 0.15) is 5.56 Å². The molecule has 0 saturated carbocycles. The number of hydrogen-bond acceptors (Lipinski definition) is 5. The molecule has 8 nitrogen and oxygen atoms in total. The van der Waals surface area contributed by atoms with Crippen LogP contribution in [0.2, 0.25) is 5.02 Å². The molecule has 1 aliphatic rings. The number of hydrogen-bond donors (Lipinski definition) is 3. The van der Waals surface area contributed by atoms with E-state index in [9.17, 15) is 14.7 Å². The number of nitrogens with one attached hydrogen (secondary N) is 2. The Hall–Kier alpha value is -3.69. The fourth-order valence-electron chi connectivity index (χ4n) is 3.99. The molecular formula is C25H24ClN5O3S. The molecule has 0 aliphatic carbocycles. The van der Waals surface area contributed by atoms with Gasteiger partial charge in [0.05, 0.1) is 16.7 Å². The first kappa shape index (κ1) is 24.4. The molecule has 0 radical (unpaired) electrons. The summed E-state index contributed by atoms with van der Waals surface area (Å²) in [6.45, 7) is 3.40. The van der Waals surface area contributed by atoms with Gasteiger partial charge in [-0.05, 0) is 67.5 Å². The number of nitrogens with zero attached hydrogens (tertiary/aromatic N) is 3. The van der Waals surface area contributed by atoms with Crippen molar-refractivity contribution in [2.24, 2.45) is 4.99 Å². The van der Waals surface area contributed by atoms with Gasteiger partial charge in [-0.1, -0.05) is 29.8 Å². The minimum Gasteiger partial charge on any atom is -0.494 e. The molecule has 0 spiro atoms. The van der Waals surface area contributed by atoms with Crippen molar-refractivity contribution < 1.29 is 5.11 Å². The summed E-state index contributed by atoms with van der Waals surface area (Å²) in [6.07, 6.45) is 2.12. The monoisotopic (exact) mass is 509 g/mol. The first-order valence-electron chi connectivity index (χ1n) is 11.0. The predicted molar refractivity (Wildman–Crippen MR) is 141 cm³/mol. The Bertz CT molecular complexity index is 1560. The van der Waals surface area contributed by atoms with Crippen molar-refractivity contribution in [1.29, 1.82) is 0 Å². The van der Waals surface area contributed by atoms with E-state index in [0.717, 1.165) is 27.3 Å². The van der Waals surface area contributed by atoms with Crippen LogP contribution in [0.1, 0.15) is 18.9 Å². The van der Waals surface area contributed by atoms with Crippen LogP contribution in [-0.4, -0.2) is 44.8 Å². The molecule has 0 amide bonds. The lowest BCUT2D eigenvalue weighted by molar-refractivity contribution is 0.429. The molecule has 0 atom stereocenters. The van der Waals surface area contributed by atoms with Crippen LogP contribution in [0.15, 0.2) is 68.8 Å². The number of aromatic hydroxyl groups is 1.